The zero-order valence-electron chi connectivity index (χ0n) is 22.2. The number of hydrogen-bond donors (Lipinski definition) is 1. The van der Waals surface area contributed by atoms with Gasteiger partial charge in [0.25, 0.3) is 0 Å². The maximum Gasteiger partial charge on any atom is 0.416 e. The molecule has 1 heterocycles. The Morgan fingerprint density at radius 2 is 1.63 bits per heavy atom. The lowest BCUT2D eigenvalue weighted by Crippen LogP contribution is -2.10. The molecule has 41 heavy (non-hydrogen) atoms. The van der Waals surface area contributed by atoms with Gasteiger partial charge in [-0.1, -0.05) is 54.6 Å². The van der Waals surface area contributed by atoms with Crippen LogP contribution in [-0.4, -0.2) is 29.5 Å². The van der Waals surface area contributed by atoms with Crippen LogP contribution in [-0.2, 0) is 17.4 Å². The molecule has 4 aromatic carbocycles. The molecule has 1 atom stereocenters. The minimum Gasteiger partial charge on any atom is -0.490 e. The Labute approximate surface area is 240 Å². The van der Waals surface area contributed by atoms with E-state index >= 15 is 0 Å². The van der Waals surface area contributed by atoms with Gasteiger partial charge in [-0.2, -0.15) is 13.2 Å². The van der Waals surface area contributed by atoms with E-state index < -0.39 is 24.3 Å². The first-order chi connectivity index (χ1) is 19.7. The third-order valence-electron chi connectivity index (χ3n) is 6.81. The summed E-state index contributed by atoms with van der Waals surface area (Å²) < 4.78 is 50.2. The largest absolute Gasteiger partial charge is 0.490 e. The summed E-state index contributed by atoms with van der Waals surface area (Å²) in [6.45, 7) is 1.74. The molecule has 5 rings (SSSR count). The fourth-order valence-electron chi connectivity index (χ4n) is 4.74. The number of carboxylic acids is 1. The van der Waals surface area contributed by atoms with E-state index in [0.29, 0.717) is 23.7 Å². The molecule has 0 radical (unpaired) electrons. The first-order valence-electron chi connectivity index (χ1n) is 13.0. The summed E-state index contributed by atoms with van der Waals surface area (Å²) in [6, 6.07) is 26.6. The van der Waals surface area contributed by atoms with Crippen molar-refractivity contribution in [2.45, 2.75) is 29.7 Å². The van der Waals surface area contributed by atoms with Gasteiger partial charge in [0.2, 0.25) is 0 Å². The third kappa shape index (κ3) is 6.95. The number of hydrogen-bond acceptors (Lipinski definition) is 4. The number of thioether (sulfide) groups is 1. The fourth-order valence-corrected chi connectivity index (χ4v) is 6.13. The Kier molecular flexibility index (Phi) is 8.40. The van der Waals surface area contributed by atoms with Crippen LogP contribution in [0, 0.1) is 6.92 Å². The van der Waals surface area contributed by atoms with Gasteiger partial charge in [-0.05, 0) is 89.2 Å². The second kappa shape index (κ2) is 12.1. The maximum absolute atomic E-state index is 13.0. The summed E-state index contributed by atoms with van der Waals surface area (Å²) >= 11 is 1.81. The first kappa shape index (κ1) is 28.4. The summed E-state index contributed by atoms with van der Waals surface area (Å²) in [5.41, 5.74) is 5.08. The van der Waals surface area contributed by atoms with Gasteiger partial charge in [-0.25, -0.2) is 4.79 Å². The van der Waals surface area contributed by atoms with Gasteiger partial charge in [0.1, 0.15) is 18.1 Å². The highest BCUT2D eigenvalue weighted by Gasteiger charge is 2.30. The van der Waals surface area contributed by atoms with Crippen LogP contribution >= 0.6 is 11.8 Å². The molecule has 8 heteroatoms. The predicted molar refractivity (Wildman–Crippen MR) is 154 cm³/mol. The van der Waals surface area contributed by atoms with E-state index in [1.165, 1.54) is 22.6 Å². The number of fused-ring (bicyclic) bond motifs is 1. The number of rotatable bonds is 9. The van der Waals surface area contributed by atoms with E-state index in [0.717, 1.165) is 40.8 Å². The van der Waals surface area contributed by atoms with Gasteiger partial charge < -0.3 is 14.6 Å². The van der Waals surface area contributed by atoms with Crippen LogP contribution in [0.2, 0.25) is 0 Å². The molecule has 1 aliphatic rings. The first-order valence-corrected chi connectivity index (χ1v) is 13.9. The maximum atomic E-state index is 13.0. The molecule has 1 N–H and O–H groups in total. The number of carbonyl (C=O) groups is 1. The summed E-state index contributed by atoms with van der Waals surface area (Å²) in [5, 5.41) is 9.03. The van der Waals surface area contributed by atoms with Crippen molar-refractivity contribution in [2.75, 3.05) is 13.2 Å². The van der Waals surface area contributed by atoms with E-state index in [4.69, 9.17) is 14.6 Å². The lowest BCUT2D eigenvalue weighted by atomic mass is 9.95. The monoisotopic (exact) mass is 576 g/mol. The van der Waals surface area contributed by atoms with E-state index in [2.05, 4.69) is 18.2 Å². The minimum atomic E-state index is -4.37. The molecular weight excluding hydrogens is 549 g/mol. The molecule has 4 aromatic rings. The van der Waals surface area contributed by atoms with Crippen molar-refractivity contribution >= 4 is 23.3 Å². The second-order valence-corrected chi connectivity index (χ2v) is 10.9. The van der Waals surface area contributed by atoms with Gasteiger partial charge in [-0.15, -0.1) is 11.8 Å². The Bertz CT molecular complexity index is 1540. The van der Waals surface area contributed by atoms with Crippen LogP contribution in [0.3, 0.4) is 0 Å². The SMILES string of the molecule is Cc1cc(OC/C=C(/c2ccc(-c3ccc(C(F)(F)F)cc3)cc2)C2Cc3ccccc3S2)ccc1OCC(=O)O. The molecule has 1 aliphatic heterocycles. The zero-order chi connectivity index (χ0) is 29.0. The van der Waals surface area contributed by atoms with Crippen molar-refractivity contribution in [1.82, 2.24) is 0 Å². The average molecular weight is 577 g/mol. The van der Waals surface area contributed by atoms with Crippen LogP contribution in [0.5, 0.6) is 11.5 Å². The smallest absolute Gasteiger partial charge is 0.416 e. The number of alkyl halides is 3. The Morgan fingerprint density at radius 1 is 0.951 bits per heavy atom. The number of benzene rings is 4. The number of carboxylic acid groups (broad SMARTS) is 1. The lowest BCUT2D eigenvalue weighted by Gasteiger charge is -2.16. The normalized spacial score (nSPS) is 14.9. The van der Waals surface area contributed by atoms with E-state index in [9.17, 15) is 18.0 Å². The third-order valence-corrected chi connectivity index (χ3v) is 8.17. The molecule has 210 valence electrons. The van der Waals surface area contributed by atoms with Gasteiger partial charge in [0.15, 0.2) is 6.61 Å². The van der Waals surface area contributed by atoms with Crippen LogP contribution in [0.4, 0.5) is 13.2 Å². The Morgan fingerprint density at radius 3 is 2.27 bits per heavy atom. The van der Waals surface area contributed by atoms with Gasteiger partial charge >= 0.3 is 12.1 Å². The van der Waals surface area contributed by atoms with Crippen LogP contribution < -0.4 is 9.47 Å². The van der Waals surface area contributed by atoms with Crippen molar-refractivity contribution in [3.05, 3.63) is 119 Å². The number of aryl methyl sites for hydroxylation is 1. The molecule has 0 fully saturated rings. The number of halogens is 3. The molecule has 0 spiro atoms. The lowest BCUT2D eigenvalue weighted by molar-refractivity contribution is -0.139. The summed E-state index contributed by atoms with van der Waals surface area (Å²) in [7, 11) is 0. The molecule has 0 bridgehead atoms. The van der Waals surface area contributed by atoms with Gasteiger partial charge in [0, 0.05) is 10.1 Å². The van der Waals surface area contributed by atoms with Crippen molar-refractivity contribution in [1.29, 1.82) is 0 Å². The number of aliphatic carboxylic acids is 1. The van der Waals surface area contributed by atoms with Gasteiger partial charge in [0.05, 0.1) is 5.56 Å². The molecule has 1 unspecified atom stereocenters. The van der Waals surface area contributed by atoms with Crippen LogP contribution in [0.15, 0.2) is 102 Å². The molecule has 0 saturated heterocycles. The molecule has 0 saturated carbocycles. The van der Waals surface area contributed by atoms with E-state index in [1.807, 2.05) is 61.2 Å². The molecular formula is C33H27F3O4S. The van der Waals surface area contributed by atoms with Crippen molar-refractivity contribution in [3.8, 4) is 22.6 Å². The zero-order valence-corrected chi connectivity index (χ0v) is 23.0. The highest BCUT2D eigenvalue weighted by atomic mass is 32.2. The Hall–Kier alpha value is -4.17. The minimum absolute atomic E-state index is 0.182. The van der Waals surface area contributed by atoms with Crippen LogP contribution in [0.1, 0.15) is 22.3 Å². The highest BCUT2D eigenvalue weighted by Crippen LogP contribution is 2.43. The van der Waals surface area contributed by atoms with Crippen molar-refractivity contribution in [2.24, 2.45) is 0 Å². The van der Waals surface area contributed by atoms with Crippen molar-refractivity contribution < 1.29 is 32.5 Å². The molecule has 4 nitrogen and oxygen atoms in total. The molecule has 0 amide bonds. The van der Waals surface area contributed by atoms with E-state index in [-0.39, 0.29) is 5.25 Å². The molecule has 0 aromatic heterocycles. The Balaban J connectivity index is 1.35. The summed E-state index contributed by atoms with van der Waals surface area (Å²) in [6.07, 6.45) is -1.42. The predicted octanol–water partition coefficient (Wildman–Crippen LogP) is 8.32. The summed E-state index contributed by atoms with van der Waals surface area (Å²) in [5.74, 6) is 0.0896. The van der Waals surface area contributed by atoms with E-state index in [1.54, 1.807) is 12.1 Å². The fraction of sp³-hybridized carbons (Fsp3) is 0.182. The number of ether oxygens (including phenoxy) is 2. The quantitative estimate of drug-likeness (QED) is 0.217. The van der Waals surface area contributed by atoms with Crippen molar-refractivity contribution in [3.63, 3.8) is 0 Å². The van der Waals surface area contributed by atoms with Gasteiger partial charge in [-0.3, -0.25) is 0 Å². The topological polar surface area (TPSA) is 55.8 Å². The average Bonchev–Trinajstić information content (AvgIpc) is 3.38. The standard InChI is InChI=1S/C33H27F3O4S/c1-21-18-27(14-15-29(21)40-20-32(37)38)39-17-16-28(31-19-25-4-2-3-5-30(25)41-31)24-8-6-22(7-9-24)23-10-12-26(13-11-23)33(34,35)36/h2-16,18,31H,17,19-20H2,1H3,(H,37,38)/b28-16-. The second-order valence-electron chi connectivity index (χ2n) is 9.65. The highest BCUT2D eigenvalue weighted by molar-refractivity contribution is 8.00. The molecule has 0 aliphatic carbocycles. The summed E-state index contributed by atoms with van der Waals surface area (Å²) in [4.78, 5) is 12.0. The van der Waals surface area contributed by atoms with Crippen LogP contribution in [0.25, 0.3) is 16.7 Å².